The van der Waals surface area contributed by atoms with Crippen molar-refractivity contribution in [2.75, 3.05) is 13.2 Å². The largest absolute Gasteiger partial charge is 0.465 e. The second kappa shape index (κ2) is 6.46. The van der Waals surface area contributed by atoms with E-state index in [9.17, 15) is 9.59 Å². The number of ether oxygens (including phenoxy) is 1. The summed E-state index contributed by atoms with van der Waals surface area (Å²) >= 11 is 3.33. The molecule has 6 heteroatoms. The minimum Gasteiger partial charge on any atom is -0.465 e. The van der Waals surface area contributed by atoms with E-state index >= 15 is 0 Å². The van der Waals surface area contributed by atoms with E-state index in [1.165, 1.54) is 14.8 Å². The number of hydrogen-bond acceptors (Lipinski definition) is 5. The number of amides is 1. The summed E-state index contributed by atoms with van der Waals surface area (Å²) in [7, 11) is 0. The molecule has 0 radical (unpaired) electrons. The lowest BCUT2D eigenvalue weighted by molar-refractivity contribution is -0.143. The molecular formula is C16H15NO3S2. The van der Waals surface area contributed by atoms with Crippen LogP contribution in [0.3, 0.4) is 0 Å². The highest BCUT2D eigenvalue weighted by Gasteiger charge is 2.10. The minimum atomic E-state index is -0.410. The van der Waals surface area contributed by atoms with E-state index in [1.54, 1.807) is 29.6 Å². The average Bonchev–Trinajstić information content (AvgIpc) is 3.07. The van der Waals surface area contributed by atoms with E-state index < -0.39 is 5.97 Å². The molecule has 3 rings (SSSR count). The number of carbonyl (C=O) groups is 2. The van der Waals surface area contributed by atoms with Crippen LogP contribution in [0.5, 0.6) is 0 Å². The molecule has 0 fully saturated rings. The maximum Gasteiger partial charge on any atom is 0.325 e. The smallest absolute Gasteiger partial charge is 0.325 e. The summed E-state index contributed by atoms with van der Waals surface area (Å²) in [5.74, 6) is -0.575. The predicted molar refractivity (Wildman–Crippen MR) is 90.6 cm³/mol. The Kier molecular flexibility index (Phi) is 4.40. The third-order valence-corrected chi connectivity index (χ3v) is 5.19. The lowest BCUT2D eigenvalue weighted by Gasteiger charge is -2.03. The van der Waals surface area contributed by atoms with Gasteiger partial charge < -0.3 is 10.1 Å². The predicted octanol–water partition coefficient (Wildman–Crippen LogP) is 3.34. The van der Waals surface area contributed by atoms with Gasteiger partial charge in [0, 0.05) is 14.3 Å². The van der Waals surface area contributed by atoms with Crippen LogP contribution in [0.4, 0.5) is 0 Å². The van der Waals surface area contributed by atoms with Crippen molar-refractivity contribution < 1.29 is 14.3 Å². The molecule has 0 spiro atoms. The summed E-state index contributed by atoms with van der Waals surface area (Å²) in [5.41, 5.74) is 0. The Morgan fingerprint density at radius 3 is 2.82 bits per heavy atom. The molecule has 1 N–H and O–H groups in total. The van der Waals surface area contributed by atoms with Crippen LogP contribution in [-0.4, -0.2) is 25.0 Å². The normalized spacial score (nSPS) is 11.0. The third kappa shape index (κ3) is 3.28. The van der Waals surface area contributed by atoms with Gasteiger partial charge in [0.1, 0.15) is 6.54 Å². The Bertz CT molecular complexity index is 786. The van der Waals surface area contributed by atoms with Gasteiger partial charge in [0.05, 0.1) is 13.0 Å². The molecule has 0 bridgehead atoms. The number of esters is 1. The average molecular weight is 333 g/mol. The van der Waals surface area contributed by atoms with Crippen LogP contribution in [0.15, 0.2) is 29.6 Å². The molecule has 0 aliphatic heterocycles. The molecule has 0 aliphatic carbocycles. The highest BCUT2D eigenvalue weighted by molar-refractivity contribution is 7.20. The fourth-order valence-corrected chi connectivity index (χ4v) is 4.15. The van der Waals surface area contributed by atoms with Crippen LogP contribution in [0.1, 0.15) is 11.8 Å². The molecule has 0 saturated carbocycles. The third-order valence-electron chi connectivity index (χ3n) is 3.21. The molecule has 114 valence electrons. The van der Waals surface area contributed by atoms with Gasteiger partial charge in [0.2, 0.25) is 5.91 Å². The van der Waals surface area contributed by atoms with Crippen LogP contribution >= 0.6 is 22.7 Å². The first-order valence-corrected chi connectivity index (χ1v) is 8.67. The SMILES string of the molecule is CCOC(=O)CNC(=O)Cc1cc2cc3sccc3cc2s1. The summed E-state index contributed by atoms with van der Waals surface area (Å²) < 4.78 is 7.21. The van der Waals surface area contributed by atoms with Gasteiger partial charge in [-0.1, -0.05) is 0 Å². The molecule has 1 aromatic carbocycles. The molecule has 4 nitrogen and oxygen atoms in total. The Hall–Kier alpha value is -1.92. The highest BCUT2D eigenvalue weighted by atomic mass is 32.1. The van der Waals surface area contributed by atoms with Crippen molar-refractivity contribution in [2.45, 2.75) is 13.3 Å². The number of rotatable bonds is 5. The zero-order valence-corrected chi connectivity index (χ0v) is 13.7. The summed E-state index contributed by atoms with van der Waals surface area (Å²) in [6.45, 7) is 1.98. The van der Waals surface area contributed by atoms with Crippen molar-refractivity contribution >= 4 is 54.7 Å². The molecule has 0 saturated heterocycles. The second-order valence-corrected chi connectivity index (χ2v) is 6.94. The van der Waals surface area contributed by atoms with Gasteiger partial charge in [-0.2, -0.15) is 0 Å². The van der Waals surface area contributed by atoms with Crippen molar-refractivity contribution in [3.8, 4) is 0 Å². The van der Waals surface area contributed by atoms with Gasteiger partial charge >= 0.3 is 5.97 Å². The van der Waals surface area contributed by atoms with Gasteiger partial charge in [-0.3, -0.25) is 9.59 Å². The molecule has 22 heavy (non-hydrogen) atoms. The monoisotopic (exact) mass is 333 g/mol. The maximum absolute atomic E-state index is 11.9. The number of fused-ring (bicyclic) bond motifs is 2. The van der Waals surface area contributed by atoms with Crippen LogP contribution < -0.4 is 5.32 Å². The highest BCUT2D eigenvalue weighted by Crippen LogP contribution is 2.32. The molecule has 2 heterocycles. The molecule has 1 amide bonds. The second-order valence-electron chi connectivity index (χ2n) is 4.82. The lowest BCUT2D eigenvalue weighted by atomic mass is 10.2. The van der Waals surface area contributed by atoms with E-state index in [1.807, 2.05) is 6.07 Å². The van der Waals surface area contributed by atoms with Crippen LogP contribution in [0.2, 0.25) is 0 Å². The van der Waals surface area contributed by atoms with Gasteiger partial charge in [-0.15, -0.1) is 22.7 Å². The van der Waals surface area contributed by atoms with Gasteiger partial charge in [-0.05, 0) is 47.3 Å². The lowest BCUT2D eigenvalue weighted by Crippen LogP contribution is -2.31. The molecule has 0 aliphatic rings. The van der Waals surface area contributed by atoms with Gasteiger partial charge in [0.15, 0.2) is 0 Å². The minimum absolute atomic E-state index is 0.0761. The topological polar surface area (TPSA) is 55.4 Å². The van der Waals surface area contributed by atoms with E-state index in [4.69, 9.17) is 4.74 Å². The Labute approximate surface area is 135 Å². The van der Waals surface area contributed by atoms with Crippen molar-refractivity contribution in [1.82, 2.24) is 5.32 Å². The van der Waals surface area contributed by atoms with Crippen LogP contribution in [-0.2, 0) is 20.7 Å². The number of benzene rings is 1. The Morgan fingerprint density at radius 1 is 1.18 bits per heavy atom. The zero-order chi connectivity index (χ0) is 15.5. The van der Waals surface area contributed by atoms with E-state index in [-0.39, 0.29) is 18.9 Å². The standard InChI is InChI=1S/C16H15NO3S2/c1-2-20-16(19)9-17-15(18)8-12-5-11-7-13-10(3-4-21-13)6-14(11)22-12/h3-7H,2,8-9H2,1H3,(H,17,18). The number of nitrogens with one attached hydrogen (secondary N) is 1. The first kappa shape index (κ1) is 15.0. The number of thiophene rings is 2. The molecular weight excluding hydrogens is 318 g/mol. The van der Waals surface area contributed by atoms with E-state index in [0.29, 0.717) is 6.61 Å². The van der Waals surface area contributed by atoms with Gasteiger partial charge in [0.25, 0.3) is 0 Å². The van der Waals surface area contributed by atoms with Crippen LogP contribution in [0, 0.1) is 0 Å². The first-order chi connectivity index (χ1) is 10.7. The Morgan fingerprint density at radius 2 is 2.00 bits per heavy atom. The first-order valence-electron chi connectivity index (χ1n) is 6.97. The maximum atomic E-state index is 11.9. The fraction of sp³-hybridized carbons (Fsp3) is 0.250. The van der Waals surface area contributed by atoms with Gasteiger partial charge in [-0.25, -0.2) is 0 Å². The zero-order valence-electron chi connectivity index (χ0n) is 12.0. The van der Waals surface area contributed by atoms with Crippen molar-refractivity contribution in [2.24, 2.45) is 0 Å². The van der Waals surface area contributed by atoms with Crippen LogP contribution in [0.25, 0.3) is 20.2 Å². The van der Waals surface area contributed by atoms with Crippen molar-refractivity contribution in [1.29, 1.82) is 0 Å². The molecule has 0 unspecified atom stereocenters. The summed E-state index contributed by atoms with van der Waals surface area (Å²) in [4.78, 5) is 24.1. The van der Waals surface area contributed by atoms with Crippen molar-refractivity contribution in [3.05, 3.63) is 34.5 Å². The summed E-state index contributed by atoms with van der Waals surface area (Å²) in [6.07, 6.45) is 0.284. The fourth-order valence-electron chi connectivity index (χ4n) is 2.24. The summed E-state index contributed by atoms with van der Waals surface area (Å²) in [5, 5.41) is 7.06. The van der Waals surface area contributed by atoms with E-state index in [2.05, 4.69) is 28.9 Å². The quantitative estimate of drug-likeness (QED) is 0.729. The number of hydrogen-bond donors (Lipinski definition) is 1. The Balaban J connectivity index is 1.68. The molecule has 2 aromatic heterocycles. The van der Waals surface area contributed by atoms with Crippen molar-refractivity contribution in [3.63, 3.8) is 0 Å². The number of carbonyl (C=O) groups excluding carboxylic acids is 2. The molecule has 3 aromatic rings. The molecule has 0 atom stereocenters. The van der Waals surface area contributed by atoms with E-state index in [0.717, 1.165) is 10.3 Å². The summed E-state index contributed by atoms with van der Waals surface area (Å²) in [6, 6.07) is 8.46.